The van der Waals surface area contributed by atoms with Crippen LogP contribution in [0.2, 0.25) is 0 Å². The van der Waals surface area contributed by atoms with Gasteiger partial charge in [-0.15, -0.1) is 0 Å². The number of nitrogens with zero attached hydrogens (tertiary/aromatic N) is 2. The van der Waals surface area contributed by atoms with E-state index in [1.807, 2.05) is 37.2 Å². The lowest BCUT2D eigenvalue weighted by Gasteiger charge is -2.25. The van der Waals surface area contributed by atoms with E-state index >= 15 is 0 Å². The van der Waals surface area contributed by atoms with Crippen molar-refractivity contribution >= 4 is 21.6 Å². The number of benzene rings is 3. The molecule has 0 fully saturated rings. The average Bonchev–Trinajstić information content (AvgIpc) is 3.24. The van der Waals surface area contributed by atoms with Gasteiger partial charge in [-0.25, -0.2) is 12.8 Å². The number of likely N-dealkylation sites (N-methyl/N-ethyl adjacent to an activating group) is 1. The number of halogens is 1. The molecule has 0 bridgehead atoms. The predicted octanol–water partition coefficient (Wildman–Crippen LogP) is 3.61. The minimum Gasteiger partial charge on any atom is -0.350 e. The molecule has 6 nitrogen and oxygen atoms in total. The molecule has 8 heteroatoms. The number of anilines is 1. The fourth-order valence-corrected chi connectivity index (χ4v) is 5.64. The van der Waals surface area contributed by atoms with Crippen LogP contribution in [0.3, 0.4) is 0 Å². The second-order valence-electron chi connectivity index (χ2n) is 8.23. The Bertz CT molecular complexity index is 1280. The van der Waals surface area contributed by atoms with Crippen molar-refractivity contribution in [1.29, 1.82) is 0 Å². The number of hydrogen-bond acceptors (Lipinski definition) is 4. The van der Waals surface area contributed by atoms with Crippen LogP contribution in [0.4, 0.5) is 10.1 Å². The molecule has 4 rings (SSSR count). The van der Waals surface area contributed by atoms with Crippen molar-refractivity contribution in [3.63, 3.8) is 0 Å². The largest absolute Gasteiger partial charge is 0.350 e. The Kier molecular flexibility index (Phi) is 6.49. The lowest BCUT2D eigenvalue weighted by atomic mass is 10.1. The van der Waals surface area contributed by atoms with Gasteiger partial charge in [-0.1, -0.05) is 36.4 Å². The molecule has 1 aliphatic heterocycles. The number of carbonyl (C=O) groups is 1. The maximum Gasteiger partial charge on any atom is 0.264 e. The minimum absolute atomic E-state index is 0.0705. The van der Waals surface area contributed by atoms with E-state index in [1.165, 1.54) is 28.6 Å². The summed E-state index contributed by atoms with van der Waals surface area (Å²) in [6.07, 6.45) is 0.654. The molecule has 1 amide bonds. The topological polar surface area (TPSA) is 69.7 Å². The van der Waals surface area contributed by atoms with Crippen LogP contribution in [0, 0.1) is 5.82 Å². The summed E-state index contributed by atoms with van der Waals surface area (Å²) in [5.74, 6) is -0.732. The summed E-state index contributed by atoms with van der Waals surface area (Å²) in [7, 11) is -0.0971. The molecule has 172 valence electrons. The van der Waals surface area contributed by atoms with Gasteiger partial charge in [0.05, 0.1) is 16.6 Å². The third kappa shape index (κ3) is 4.77. The molecular weight excluding hydrogens is 441 g/mol. The molecule has 33 heavy (non-hydrogen) atoms. The molecule has 0 aliphatic carbocycles. The van der Waals surface area contributed by atoms with Gasteiger partial charge in [-0.2, -0.15) is 0 Å². The van der Waals surface area contributed by atoms with Gasteiger partial charge in [0.2, 0.25) is 0 Å². The van der Waals surface area contributed by atoms with E-state index in [2.05, 4.69) is 5.32 Å². The third-order valence-corrected chi connectivity index (χ3v) is 7.65. The normalized spacial score (nSPS) is 14.2. The number of carbonyl (C=O) groups excluding carboxylic acids is 1. The molecule has 0 aromatic heterocycles. The van der Waals surface area contributed by atoms with E-state index in [-0.39, 0.29) is 28.9 Å². The monoisotopic (exact) mass is 467 g/mol. The van der Waals surface area contributed by atoms with Crippen LogP contribution in [-0.2, 0) is 16.4 Å². The van der Waals surface area contributed by atoms with E-state index in [1.54, 1.807) is 30.3 Å². The fraction of sp³-hybridized carbons (Fsp3) is 0.240. The number of rotatable bonds is 7. The maximum absolute atomic E-state index is 13.7. The van der Waals surface area contributed by atoms with E-state index in [0.29, 0.717) is 18.7 Å². The molecule has 1 aliphatic rings. The summed E-state index contributed by atoms with van der Waals surface area (Å²) in [5, 5.41) is 2.85. The summed E-state index contributed by atoms with van der Waals surface area (Å²) in [6, 6.07) is 19.5. The first-order valence-corrected chi connectivity index (χ1v) is 12.1. The Labute approximate surface area is 193 Å². The Morgan fingerprint density at radius 3 is 2.58 bits per heavy atom. The zero-order valence-electron chi connectivity index (χ0n) is 18.5. The molecule has 3 aromatic carbocycles. The van der Waals surface area contributed by atoms with Crippen molar-refractivity contribution in [2.45, 2.75) is 17.4 Å². The maximum atomic E-state index is 13.7. The number of sulfonamides is 1. The molecule has 0 spiro atoms. The summed E-state index contributed by atoms with van der Waals surface area (Å²) in [4.78, 5) is 14.8. The summed E-state index contributed by atoms with van der Waals surface area (Å²) in [5.41, 5.74) is 2.66. The molecule has 1 heterocycles. The van der Waals surface area contributed by atoms with Crippen molar-refractivity contribution in [3.05, 3.63) is 95.3 Å². The van der Waals surface area contributed by atoms with Gasteiger partial charge in [-0.3, -0.25) is 9.10 Å². The van der Waals surface area contributed by atoms with Crippen molar-refractivity contribution in [3.8, 4) is 0 Å². The van der Waals surface area contributed by atoms with Crippen molar-refractivity contribution in [2.75, 3.05) is 31.5 Å². The molecule has 0 saturated heterocycles. The number of amides is 1. The lowest BCUT2D eigenvalue weighted by molar-refractivity contribution is 0.0941. The first kappa shape index (κ1) is 22.9. The van der Waals surface area contributed by atoms with Crippen LogP contribution in [0.15, 0.2) is 77.7 Å². The van der Waals surface area contributed by atoms with Gasteiger partial charge in [-0.05, 0) is 68.0 Å². The first-order valence-electron chi connectivity index (χ1n) is 10.7. The molecule has 0 saturated carbocycles. The highest BCUT2D eigenvalue weighted by molar-refractivity contribution is 7.92. The highest BCUT2D eigenvalue weighted by Crippen LogP contribution is 2.32. The van der Waals surface area contributed by atoms with Crippen molar-refractivity contribution in [1.82, 2.24) is 10.2 Å². The third-order valence-electron chi connectivity index (χ3n) is 5.84. The number of hydrogen-bond donors (Lipinski definition) is 1. The van der Waals surface area contributed by atoms with Crippen molar-refractivity contribution in [2.24, 2.45) is 0 Å². The van der Waals surface area contributed by atoms with Gasteiger partial charge in [0.1, 0.15) is 5.82 Å². The van der Waals surface area contributed by atoms with Crippen LogP contribution in [0.5, 0.6) is 0 Å². The predicted molar refractivity (Wildman–Crippen MR) is 126 cm³/mol. The SMILES string of the molecule is CN(C)[C@H](CNC(=O)c1cccc(S(=O)(=O)N2CCc3ccccc32)c1)c1cccc(F)c1. The first-order chi connectivity index (χ1) is 15.8. The molecule has 1 atom stereocenters. The van der Waals surface area contributed by atoms with Gasteiger partial charge < -0.3 is 10.2 Å². The average molecular weight is 468 g/mol. The minimum atomic E-state index is -3.80. The zero-order valence-corrected chi connectivity index (χ0v) is 19.3. The molecular formula is C25H26FN3O3S. The van der Waals surface area contributed by atoms with Crippen LogP contribution >= 0.6 is 0 Å². The standard InChI is InChI=1S/C25H26FN3O3S/c1-28(2)24(19-8-5-10-21(26)15-19)17-27-25(30)20-9-6-11-22(16-20)33(31,32)29-14-13-18-7-3-4-12-23(18)29/h3-12,15-16,24H,13-14,17H2,1-2H3,(H,27,30)/t24-/m1/s1. The van der Waals surface area contributed by atoms with Crippen molar-refractivity contribution < 1.29 is 17.6 Å². The second-order valence-corrected chi connectivity index (χ2v) is 10.1. The number of para-hydroxylation sites is 1. The Hall–Kier alpha value is -3.23. The van der Waals surface area contributed by atoms with Gasteiger partial charge in [0.25, 0.3) is 15.9 Å². The van der Waals surface area contributed by atoms with E-state index in [9.17, 15) is 17.6 Å². The molecule has 0 unspecified atom stereocenters. The molecule has 1 N–H and O–H groups in total. The van der Waals surface area contributed by atoms with E-state index < -0.39 is 15.9 Å². The van der Waals surface area contributed by atoms with Gasteiger partial charge in [0.15, 0.2) is 0 Å². The zero-order chi connectivity index (χ0) is 23.6. The van der Waals surface area contributed by atoms with Crippen LogP contribution in [-0.4, -0.2) is 46.4 Å². The van der Waals surface area contributed by atoms with E-state index in [0.717, 1.165) is 11.1 Å². The number of nitrogens with one attached hydrogen (secondary N) is 1. The lowest BCUT2D eigenvalue weighted by Crippen LogP contribution is -2.34. The second kappa shape index (κ2) is 9.33. The van der Waals surface area contributed by atoms with Gasteiger partial charge in [0, 0.05) is 18.7 Å². The molecule has 3 aromatic rings. The van der Waals surface area contributed by atoms with Crippen LogP contribution in [0.1, 0.15) is 27.5 Å². The Morgan fingerprint density at radius 2 is 1.82 bits per heavy atom. The Balaban J connectivity index is 1.52. The van der Waals surface area contributed by atoms with E-state index in [4.69, 9.17) is 0 Å². The highest BCUT2D eigenvalue weighted by Gasteiger charge is 2.31. The van der Waals surface area contributed by atoms with Crippen LogP contribution < -0.4 is 9.62 Å². The fourth-order valence-electron chi connectivity index (χ4n) is 4.09. The summed E-state index contributed by atoms with van der Waals surface area (Å²) >= 11 is 0. The Morgan fingerprint density at radius 1 is 1.06 bits per heavy atom. The number of fused-ring (bicyclic) bond motifs is 1. The highest BCUT2D eigenvalue weighted by atomic mass is 32.2. The van der Waals surface area contributed by atoms with Gasteiger partial charge >= 0.3 is 0 Å². The molecule has 0 radical (unpaired) electrons. The van der Waals surface area contributed by atoms with Crippen LogP contribution in [0.25, 0.3) is 0 Å². The quantitative estimate of drug-likeness (QED) is 0.576. The smallest absolute Gasteiger partial charge is 0.264 e. The summed E-state index contributed by atoms with van der Waals surface area (Å²) in [6.45, 7) is 0.613. The summed E-state index contributed by atoms with van der Waals surface area (Å²) < 4.78 is 41.7.